The lowest BCUT2D eigenvalue weighted by Crippen LogP contribution is -2.45. The van der Waals surface area contributed by atoms with E-state index in [0.29, 0.717) is 5.25 Å². The molecule has 0 bridgehead atoms. The molecule has 0 radical (unpaired) electrons. The number of likely N-dealkylation sites (N-methyl/N-ethyl adjacent to an activating group) is 1. The Morgan fingerprint density at radius 2 is 2.38 bits per heavy atom. The highest BCUT2D eigenvalue weighted by Gasteiger charge is 2.24. The zero-order chi connectivity index (χ0) is 12.2. The van der Waals surface area contributed by atoms with Gasteiger partial charge in [-0.1, -0.05) is 18.7 Å². The van der Waals surface area contributed by atoms with Gasteiger partial charge in [-0.15, -0.1) is 0 Å². The number of aryl methyl sites for hydroxylation is 1. The minimum absolute atomic E-state index is 0.132. The summed E-state index contributed by atoms with van der Waals surface area (Å²) < 4.78 is 1.76. The molecule has 2 N–H and O–H groups in total. The first-order valence-electron chi connectivity index (χ1n) is 5.31. The summed E-state index contributed by atoms with van der Waals surface area (Å²) in [7, 11) is 3.75. The van der Waals surface area contributed by atoms with Gasteiger partial charge < -0.3 is 10.4 Å². The third-order valence-electron chi connectivity index (χ3n) is 2.67. The van der Waals surface area contributed by atoms with Crippen LogP contribution in [0, 0.1) is 0 Å². The topological polar surface area (TPSA) is 63.0 Å². The summed E-state index contributed by atoms with van der Waals surface area (Å²) in [6.07, 6.45) is 2.43. The molecule has 1 aromatic rings. The fraction of sp³-hybridized carbons (Fsp3) is 0.800. The van der Waals surface area contributed by atoms with Crippen LogP contribution in [0.4, 0.5) is 0 Å². The molecular formula is C10H20N4OS. The highest BCUT2D eigenvalue weighted by molar-refractivity contribution is 7.99. The molecule has 0 saturated heterocycles. The molecular weight excluding hydrogens is 224 g/mol. The molecule has 1 rings (SSSR count). The molecule has 0 amide bonds. The SMILES string of the molecule is CNC(C)(CO)CC(C)Sc1ncnn1C. The van der Waals surface area contributed by atoms with Crippen LogP contribution in [0.5, 0.6) is 0 Å². The Morgan fingerprint density at radius 1 is 1.69 bits per heavy atom. The van der Waals surface area contributed by atoms with Crippen molar-refractivity contribution in [2.24, 2.45) is 7.05 Å². The summed E-state index contributed by atoms with van der Waals surface area (Å²) >= 11 is 1.67. The van der Waals surface area contributed by atoms with Crippen LogP contribution in [0.1, 0.15) is 20.3 Å². The third-order valence-corrected chi connectivity index (χ3v) is 3.82. The van der Waals surface area contributed by atoms with Gasteiger partial charge in [0.2, 0.25) is 0 Å². The van der Waals surface area contributed by atoms with Crippen LogP contribution in [-0.4, -0.2) is 44.3 Å². The van der Waals surface area contributed by atoms with Crippen LogP contribution in [0.15, 0.2) is 11.5 Å². The van der Waals surface area contributed by atoms with Crippen molar-refractivity contribution in [1.82, 2.24) is 20.1 Å². The van der Waals surface area contributed by atoms with E-state index in [1.165, 1.54) is 0 Å². The lowest BCUT2D eigenvalue weighted by atomic mass is 9.98. The van der Waals surface area contributed by atoms with Gasteiger partial charge in [-0.3, -0.25) is 0 Å². The van der Waals surface area contributed by atoms with Crippen molar-refractivity contribution < 1.29 is 5.11 Å². The van der Waals surface area contributed by atoms with E-state index in [0.717, 1.165) is 11.6 Å². The second-order valence-corrected chi connectivity index (χ2v) is 5.67. The molecule has 0 saturated carbocycles. The van der Waals surface area contributed by atoms with E-state index < -0.39 is 0 Å². The van der Waals surface area contributed by atoms with Crippen molar-refractivity contribution in [1.29, 1.82) is 0 Å². The first-order valence-corrected chi connectivity index (χ1v) is 6.19. The second-order valence-electron chi connectivity index (χ2n) is 4.27. The van der Waals surface area contributed by atoms with Crippen molar-refractivity contribution >= 4 is 11.8 Å². The maximum atomic E-state index is 9.31. The Kier molecular flexibility index (Phi) is 4.76. The van der Waals surface area contributed by atoms with E-state index >= 15 is 0 Å². The van der Waals surface area contributed by atoms with E-state index in [1.54, 1.807) is 22.8 Å². The number of hydrogen-bond donors (Lipinski definition) is 2. The fourth-order valence-electron chi connectivity index (χ4n) is 1.49. The van der Waals surface area contributed by atoms with E-state index in [4.69, 9.17) is 0 Å². The van der Waals surface area contributed by atoms with Gasteiger partial charge in [0.1, 0.15) is 6.33 Å². The number of thioether (sulfide) groups is 1. The quantitative estimate of drug-likeness (QED) is 0.720. The molecule has 0 aliphatic carbocycles. The van der Waals surface area contributed by atoms with Crippen LogP contribution in [0.3, 0.4) is 0 Å². The van der Waals surface area contributed by atoms with Crippen molar-refractivity contribution in [2.75, 3.05) is 13.7 Å². The highest BCUT2D eigenvalue weighted by atomic mass is 32.2. The number of aliphatic hydroxyl groups excluding tert-OH is 1. The van der Waals surface area contributed by atoms with Crippen molar-refractivity contribution in [3.8, 4) is 0 Å². The molecule has 0 spiro atoms. The number of aliphatic hydroxyl groups is 1. The number of nitrogens with one attached hydrogen (secondary N) is 1. The normalized spacial score (nSPS) is 17.1. The van der Waals surface area contributed by atoms with Gasteiger partial charge in [0.05, 0.1) is 6.61 Å². The lowest BCUT2D eigenvalue weighted by molar-refractivity contribution is 0.174. The smallest absolute Gasteiger partial charge is 0.186 e. The minimum atomic E-state index is -0.231. The molecule has 0 aliphatic rings. The molecule has 16 heavy (non-hydrogen) atoms. The van der Waals surface area contributed by atoms with Gasteiger partial charge >= 0.3 is 0 Å². The van der Waals surface area contributed by atoms with Crippen LogP contribution in [-0.2, 0) is 7.05 Å². The molecule has 5 nitrogen and oxygen atoms in total. The van der Waals surface area contributed by atoms with Crippen molar-refractivity contribution in [3.05, 3.63) is 6.33 Å². The first-order chi connectivity index (χ1) is 7.50. The van der Waals surface area contributed by atoms with Crippen LogP contribution in [0.25, 0.3) is 0 Å². The Balaban J connectivity index is 2.53. The van der Waals surface area contributed by atoms with Crippen molar-refractivity contribution in [3.63, 3.8) is 0 Å². The molecule has 92 valence electrons. The van der Waals surface area contributed by atoms with Crippen molar-refractivity contribution in [2.45, 2.75) is 36.2 Å². The molecule has 0 aliphatic heterocycles. The van der Waals surface area contributed by atoms with Crippen LogP contribution >= 0.6 is 11.8 Å². The maximum absolute atomic E-state index is 9.31. The summed E-state index contributed by atoms with van der Waals surface area (Å²) in [6.45, 7) is 4.28. The maximum Gasteiger partial charge on any atom is 0.186 e. The molecule has 2 atom stereocenters. The molecule has 6 heteroatoms. The predicted molar refractivity (Wildman–Crippen MR) is 65.5 cm³/mol. The van der Waals surface area contributed by atoms with Gasteiger partial charge in [0.15, 0.2) is 5.16 Å². The number of rotatable bonds is 6. The lowest BCUT2D eigenvalue weighted by Gasteiger charge is -2.29. The Bertz CT molecular complexity index is 324. The summed E-state index contributed by atoms with van der Waals surface area (Å²) in [5, 5.41) is 17.8. The molecule has 1 heterocycles. The summed E-state index contributed by atoms with van der Waals surface area (Å²) in [5.74, 6) is 0. The van der Waals surface area contributed by atoms with E-state index in [2.05, 4.69) is 22.3 Å². The Hall–Kier alpha value is -0.590. The summed E-state index contributed by atoms with van der Waals surface area (Å²) in [4.78, 5) is 4.17. The van der Waals surface area contributed by atoms with E-state index in [-0.39, 0.29) is 12.1 Å². The Labute approximate surface area is 101 Å². The van der Waals surface area contributed by atoms with Crippen LogP contribution < -0.4 is 5.32 Å². The molecule has 0 fully saturated rings. The first kappa shape index (κ1) is 13.5. The molecule has 0 aromatic carbocycles. The summed E-state index contributed by atoms with van der Waals surface area (Å²) in [5.41, 5.74) is -0.231. The molecule has 1 aromatic heterocycles. The fourth-order valence-corrected chi connectivity index (χ4v) is 2.61. The number of aromatic nitrogens is 3. The van der Waals surface area contributed by atoms with Gasteiger partial charge in [-0.25, -0.2) is 9.67 Å². The van der Waals surface area contributed by atoms with Crippen LogP contribution in [0.2, 0.25) is 0 Å². The zero-order valence-corrected chi connectivity index (χ0v) is 11.1. The molecule has 2 unspecified atom stereocenters. The summed E-state index contributed by atoms with van der Waals surface area (Å²) in [6, 6.07) is 0. The van der Waals surface area contributed by atoms with E-state index in [1.807, 2.05) is 21.0 Å². The number of nitrogens with zero attached hydrogens (tertiary/aromatic N) is 3. The minimum Gasteiger partial charge on any atom is -0.394 e. The standard InChI is InChI=1S/C10H20N4OS/c1-8(5-10(2,6-15)11-3)16-9-12-7-13-14(9)4/h7-8,11,15H,5-6H2,1-4H3. The average Bonchev–Trinajstić information content (AvgIpc) is 2.64. The van der Waals surface area contributed by atoms with Gasteiger partial charge in [0, 0.05) is 17.8 Å². The highest BCUT2D eigenvalue weighted by Crippen LogP contribution is 2.26. The second kappa shape index (κ2) is 5.65. The average molecular weight is 244 g/mol. The third kappa shape index (κ3) is 3.47. The zero-order valence-electron chi connectivity index (χ0n) is 10.3. The monoisotopic (exact) mass is 244 g/mol. The largest absolute Gasteiger partial charge is 0.394 e. The predicted octanol–water partition coefficient (Wildman–Crippen LogP) is 0.656. The van der Waals surface area contributed by atoms with Gasteiger partial charge in [-0.2, -0.15) is 5.10 Å². The Morgan fingerprint density at radius 3 is 2.81 bits per heavy atom. The van der Waals surface area contributed by atoms with Gasteiger partial charge in [0.25, 0.3) is 0 Å². The van der Waals surface area contributed by atoms with E-state index in [9.17, 15) is 5.11 Å². The number of hydrogen-bond acceptors (Lipinski definition) is 5. The van der Waals surface area contributed by atoms with Gasteiger partial charge in [-0.05, 0) is 20.4 Å².